The van der Waals surface area contributed by atoms with Crippen LogP contribution in [0.3, 0.4) is 0 Å². The Morgan fingerprint density at radius 3 is 2.53 bits per heavy atom. The van der Waals surface area contributed by atoms with Crippen LogP contribution in [-0.4, -0.2) is 7.05 Å². The van der Waals surface area contributed by atoms with Gasteiger partial charge in [-0.2, -0.15) is 0 Å². The van der Waals surface area contributed by atoms with Crippen molar-refractivity contribution in [1.82, 2.24) is 5.32 Å². The first kappa shape index (κ1) is 9.99. The number of hydrogen-bond donors (Lipinski definition) is 1. The summed E-state index contributed by atoms with van der Waals surface area (Å²) >= 11 is 0. The van der Waals surface area contributed by atoms with Crippen LogP contribution in [0.1, 0.15) is 17.4 Å². The highest BCUT2D eigenvalue weighted by molar-refractivity contribution is 5.18. The predicted octanol–water partition coefficient (Wildman–Crippen LogP) is 2.78. The van der Waals surface area contributed by atoms with Crippen LogP contribution in [0.15, 0.2) is 53.1 Å². The highest BCUT2D eigenvalue weighted by Crippen LogP contribution is 2.18. The van der Waals surface area contributed by atoms with Gasteiger partial charge >= 0.3 is 0 Å². The van der Waals surface area contributed by atoms with Gasteiger partial charge in [0.1, 0.15) is 5.76 Å². The molecular formula is C13H15NO. The quantitative estimate of drug-likeness (QED) is 0.822. The fourth-order valence-corrected chi connectivity index (χ4v) is 1.68. The van der Waals surface area contributed by atoms with Crippen molar-refractivity contribution in [3.63, 3.8) is 0 Å². The maximum atomic E-state index is 5.40. The Kier molecular flexibility index (Phi) is 3.20. The first-order valence-corrected chi connectivity index (χ1v) is 5.15. The van der Waals surface area contributed by atoms with E-state index in [4.69, 9.17) is 4.42 Å². The van der Waals surface area contributed by atoms with Gasteiger partial charge in [0.25, 0.3) is 0 Å². The molecule has 1 aromatic heterocycles. The Balaban J connectivity index is 2.10. The fraction of sp³-hybridized carbons (Fsp3) is 0.231. The minimum Gasteiger partial charge on any atom is -0.468 e. The lowest BCUT2D eigenvalue weighted by molar-refractivity contribution is 0.429. The van der Waals surface area contributed by atoms with Crippen molar-refractivity contribution in [3.8, 4) is 0 Å². The molecule has 78 valence electrons. The molecule has 1 N–H and O–H groups in total. The highest BCUT2D eigenvalue weighted by atomic mass is 16.3. The molecule has 2 rings (SSSR count). The number of likely N-dealkylation sites (N-methyl/N-ethyl adjacent to an activating group) is 1. The average molecular weight is 201 g/mol. The summed E-state index contributed by atoms with van der Waals surface area (Å²) in [7, 11) is 1.95. The zero-order valence-corrected chi connectivity index (χ0v) is 8.81. The molecule has 1 heterocycles. The second kappa shape index (κ2) is 4.80. The third-order valence-corrected chi connectivity index (χ3v) is 2.52. The van der Waals surface area contributed by atoms with Gasteiger partial charge < -0.3 is 9.73 Å². The van der Waals surface area contributed by atoms with Crippen molar-refractivity contribution in [2.75, 3.05) is 7.05 Å². The molecule has 0 unspecified atom stereocenters. The summed E-state index contributed by atoms with van der Waals surface area (Å²) in [4.78, 5) is 0. The maximum absolute atomic E-state index is 5.40. The zero-order valence-electron chi connectivity index (χ0n) is 8.81. The minimum atomic E-state index is 0.252. The van der Waals surface area contributed by atoms with E-state index < -0.39 is 0 Å². The third kappa shape index (κ3) is 2.48. The fourth-order valence-electron chi connectivity index (χ4n) is 1.68. The van der Waals surface area contributed by atoms with Crippen LogP contribution in [0.25, 0.3) is 0 Å². The standard InChI is InChI=1S/C13H15NO/c1-14-12(13-8-5-9-15-13)10-11-6-3-2-4-7-11/h2-9,12,14H,10H2,1H3/t12-/m1/s1. The van der Waals surface area contributed by atoms with Crippen LogP contribution in [-0.2, 0) is 6.42 Å². The zero-order chi connectivity index (χ0) is 10.5. The lowest BCUT2D eigenvalue weighted by atomic mass is 10.0. The van der Waals surface area contributed by atoms with Crippen LogP contribution >= 0.6 is 0 Å². The van der Waals surface area contributed by atoms with Crippen LogP contribution in [0, 0.1) is 0 Å². The van der Waals surface area contributed by atoms with E-state index in [-0.39, 0.29) is 6.04 Å². The molecule has 0 saturated heterocycles. The largest absolute Gasteiger partial charge is 0.468 e. The molecule has 2 heteroatoms. The van der Waals surface area contributed by atoms with E-state index in [1.165, 1.54) is 5.56 Å². The Labute approximate surface area is 89.9 Å². The van der Waals surface area contributed by atoms with E-state index in [0.29, 0.717) is 0 Å². The number of hydrogen-bond acceptors (Lipinski definition) is 2. The Morgan fingerprint density at radius 1 is 1.13 bits per heavy atom. The normalized spacial score (nSPS) is 12.6. The Hall–Kier alpha value is -1.54. The van der Waals surface area contributed by atoms with E-state index in [9.17, 15) is 0 Å². The molecule has 0 spiro atoms. The lowest BCUT2D eigenvalue weighted by Crippen LogP contribution is -2.18. The van der Waals surface area contributed by atoms with Crippen LogP contribution in [0.5, 0.6) is 0 Å². The molecule has 0 radical (unpaired) electrons. The summed E-state index contributed by atoms with van der Waals surface area (Å²) in [6.07, 6.45) is 2.66. The molecule has 1 aromatic carbocycles. The maximum Gasteiger partial charge on any atom is 0.121 e. The monoisotopic (exact) mass is 201 g/mol. The van der Waals surface area contributed by atoms with Crippen LogP contribution in [0.2, 0.25) is 0 Å². The summed E-state index contributed by atoms with van der Waals surface area (Å²) in [5.74, 6) is 0.987. The predicted molar refractivity (Wildman–Crippen MR) is 60.7 cm³/mol. The minimum absolute atomic E-state index is 0.252. The average Bonchev–Trinajstić information content (AvgIpc) is 2.81. The number of nitrogens with one attached hydrogen (secondary N) is 1. The summed E-state index contributed by atoms with van der Waals surface area (Å²) in [5.41, 5.74) is 1.31. The van der Waals surface area contributed by atoms with Crippen molar-refractivity contribution in [1.29, 1.82) is 0 Å². The molecule has 15 heavy (non-hydrogen) atoms. The van der Waals surface area contributed by atoms with Crippen molar-refractivity contribution in [2.24, 2.45) is 0 Å². The van der Waals surface area contributed by atoms with Crippen LogP contribution in [0.4, 0.5) is 0 Å². The number of furan rings is 1. The van der Waals surface area contributed by atoms with Gasteiger partial charge in [-0.3, -0.25) is 0 Å². The van der Waals surface area contributed by atoms with Gasteiger partial charge in [0, 0.05) is 0 Å². The SMILES string of the molecule is CN[C@H](Cc1ccccc1)c1ccco1. The Morgan fingerprint density at radius 2 is 1.93 bits per heavy atom. The van der Waals surface area contributed by atoms with Gasteiger partial charge in [-0.1, -0.05) is 30.3 Å². The lowest BCUT2D eigenvalue weighted by Gasteiger charge is -2.13. The highest BCUT2D eigenvalue weighted by Gasteiger charge is 2.11. The van der Waals surface area contributed by atoms with Gasteiger partial charge in [0.15, 0.2) is 0 Å². The summed E-state index contributed by atoms with van der Waals surface area (Å²) in [6, 6.07) is 14.6. The number of benzene rings is 1. The van der Waals surface area contributed by atoms with Gasteiger partial charge in [-0.05, 0) is 31.2 Å². The molecule has 1 atom stereocenters. The van der Waals surface area contributed by atoms with Crippen molar-refractivity contribution >= 4 is 0 Å². The van der Waals surface area contributed by atoms with E-state index in [2.05, 4.69) is 29.6 Å². The molecule has 0 fully saturated rings. The van der Waals surface area contributed by atoms with Crippen molar-refractivity contribution in [3.05, 3.63) is 60.1 Å². The van der Waals surface area contributed by atoms with E-state index >= 15 is 0 Å². The van der Waals surface area contributed by atoms with Crippen LogP contribution < -0.4 is 5.32 Å². The van der Waals surface area contributed by atoms with Gasteiger partial charge in [-0.25, -0.2) is 0 Å². The molecular weight excluding hydrogens is 186 g/mol. The van der Waals surface area contributed by atoms with E-state index in [1.54, 1.807) is 6.26 Å². The summed E-state index contributed by atoms with van der Waals surface area (Å²) in [5, 5.41) is 3.26. The smallest absolute Gasteiger partial charge is 0.121 e. The molecule has 0 aliphatic rings. The Bertz CT molecular complexity index is 380. The molecule has 0 bridgehead atoms. The van der Waals surface area contributed by atoms with Gasteiger partial charge in [-0.15, -0.1) is 0 Å². The first-order chi connectivity index (χ1) is 7.40. The molecule has 2 nitrogen and oxygen atoms in total. The molecule has 0 aliphatic heterocycles. The summed E-state index contributed by atoms with van der Waals surface area (Å²) in [6.45, 7) is 0. The molecule has 0 amide bonds. The molecule has 0 aliphatic carbocycles. The second-order valence-corrected chi connectivity index (χ2v) is 3.55. The second-order valence-electron chi connectivity index (χ2n) is 3.55. The summed E-state index contributed by atoms with van der Waals surface area (Å²) < 4.78 is 5.40. The van der Waals surface area contributed by atoms with Gasteiger partial charge in [0.2, 0.25) is 0 Å². The molecule has 0 saturated carbocycles. The number of rotatable bonds is 4. The first-order valence-electron chi connectivity index (χ1n) is 5.15. The van der Waals surface area contributed by atoms with Crippen molar-refractivity contribution in [2.45, 2.75) is 12.5 Å². The third-order valence-electron chi connectivity index (χ3n) is 2.52. The molecule has 2 aromatic rings. The van der Waals surface area contributed by atoms with E-state index in [1.807, 2.05) is 25.2 Å². The van der Waals surface area contributed by atoms with Gasteiger partial charge in [0.05, 0.1) is 12.3 Å². The van der Waals surface area contributed by atoms with Crippen molar-refractivity contribution < 1.29 is 4.42 Å². The topological polar surface area (TPSA) is 25.2 Å². The van der Waals surface area contributed by atoms with E-state index in [0.717, 1.165) is 12.2 Å².